The van der Waals surface area contributed by atoms with Gasteiger partial charge in [0.25, 0.3) is 11.8 Å². The van der Waals surface area contributed by atoms with Crippen molar-refractivity contribution in [2.24, 2.45) is 0 Å². The third-order valence-electron chi connectivity index (χ3n) is 6.33. The van der Waals surface area contributed by atoms with Crippen molar-refractivity contribution in [2.45, 2.75) is 50.6 Å². The van der Waals surface area contributed by atoms with Gasteiger partial charge >= 0.3 is 0 Å². The zero-order chi connectivity index (χ0) is 22.7. The van der Waals surface area contributed by atoms with Gasteiger partial charge in [-0.2, -0.15) is 0 Å². The molecule has 1 heterocycles. The van der Waals surface area contributed by atoms with Crippen LogP contribution in [0.4, 0.5) is 5.69 Å². The highest BCUT2D eigenvalue weighted by molar-refractivity contribution is 6.23. The minimum atomic E-state index is -0.803. The zero-order valence-corrected chi connectivity index (χ0v) is 18.5. The number of hydrogen-bond acceptors (Lipinski definition) is 5. The fraction of sp³-hybridized carbons (Fsp3) is 0.400. The zero-order valence-electron chi connectivity index (χ0n) is 18.5. The minimum absolute atomic E-state index is 0.0107. The van der Waals surface area contributed by atoms with E-state index in [-0.39, 0.29) is 30.2 Å². The van der Waals surface area contributed by atoms with Crippen molar-refractivity contribution in [3.05, 3.63) is 54.1 Å². The number of nitrogens with zero attached hydrogens (tertiary/aromatic N) is 2. The number of methoxy groups -OCH3 is 2. The quantitative estimate of drug-likeness (QED) is 0.644. The van der Waals surface area contributed by atoms with Gasteiger partial charge in [-0.05, 0) is 61.4 Å². The molecule has 1 aliphatic carbocycles. The summed E-state index contributed by atoms with van der Waals surface area (Å²) in [7, 11) is 3.13. The second kappa shape index (κ2) is 9.42. The Labute approximate surface area is 187 Å². The Balaban J connectivity index is 1.64. The number of hydrogen-bond donors (Lipinski definition) is 0. The van der Waals surface area contributed by atoms with Crippen LogP contribution in [0.25, 0.3) is 0 Å². The summed E-state index contributed by atoms with van der Waals surface area (Å²) in [4.78, 5) is 42.8. The maximum Gasteiger partial charge on any atom is 0.257 e. The highest BCUT2D eigenvalue weighted by atomic mass is 16.5. The molecule has 0 radical (unpaired) electrons. The van der Waals surface area contributed by atoms with Crippen LogP contribution >= 0.6 is 0 Å². The van der Waals surface area contributed by atoms with Crippen molar-refractivity contribution in [1.82, 2.24) is 4.90 Å². The van der Waals surface area contributed by atoms with Gasteiger partial charge in [-0.3, -0.25) is 14.4 Å². The summed E-state index contributed by atoms with van der Waals surface area (Å²) in [6, 6.07) is 12.8. The summed E-state index contributed by atoms with van der Waals surface area (Å²) in [6.45, 7) is 0. The van der Waals surface area contributed by atoms with Crippen LogP contribution in [0.1, 0.15) is 48.9 Å². The van der Waals surface area contributed by atoms with Gasteiger partial charge in [0.1, 0.15) is 17.5 Å². The van der Waals surface area contributed by atoms with E-state index in [0.29, 0.717) is 22.7 Å². The van der Waals surface area contributed by atoms with E-state index in [9.17, 15) is 14.4 Å². The molecule has 1 saturated carbocycles. The van der Waals surface area contributed by atoms with Crippen LogP contribution in [0.15, 0.2) is 48.5 Å². The molecule has 0 aromatic heterocycles. The first-order valence-electron chi connectivity index (χ1n) is 11.0. The first-order chi connectivity index (χ1) is 15.5. The molecule has 1 atom stereocenters. The van der Waals surface area contributed by atoms with E-state index in [1.54, 1.807) is 67.7 Å². The molecule has 4 rings (SSSR count). The molecule has 2 fully saturated rings. The average Bonchev–Trinajstić information content (AvgIpc) is 3.13. The van der Waals surface area contributed by atoms with Gasteiger partial charge < -0.3 is 14.4 Å². The van der Waals surface area contributed by atoms with Gasteiger partial charge in [-0.1, -0.05) is 19.3 Å². The number of anilines is 1. The van der Waals surface area contributed by atoms with E-state index >= 15 is 0 Å². The van der Waals surface area contributed by atoms with Crippen LogP contribution in [0.5, 0.6) is 11.5 Å². The number of amides is 3. The molecular weight excluding hydrogens is 408 g/mol. The van der Waals surface area contributed by atoms with Crippen molar-refractivity contribution in [3.8, 4) is 11.5 Å². The number of benzene rings is 2. The van der Waals surface area contributed by atoms with Crippen LogP contribution < -0.4 is 14.4 Å². The van der Waals surface area contributed by atoms with Crippen molar-refractivity contribution >= 4 is 23.4 Å². The summed E-state index contributed by atoms with van der Waals surface area (Å²) in [5.41, 5.74) is 0.975. The topological polar surface area (TPSA) is 76.2 Å². The van der Waals surface area contributed by atoms with Gasteiger partial charge in [0.05, 0.1) is 26.3 Å². The standard InChI is InChI=1S/C25H28N2O5/c1-31-20-12-8-17(9-13-20)24(29)26(18-6-4-3-5-7-18)22-16-23(28)27(25(22)30)19-10-14-21(32-2)15-11-19/h8-15,18,22H,3-7,16H2,1-2H3. The Morgan fingerprint density at radius 1 is 0.875 bits per heavy atom. The van der Waals surface area contributed by atoms with Crippen molar-refractivity contribution in [3.63, 3.8) is 0 Å². The number of ether oxygens (including phenoxy) is 2. The summed E-state index contributed by atoms with van der Waals surface area (Å²) in [6.07, 6.45) is 4.80. The molecule has 32 heavy (non-hydrogen) atoms. The molecule has 2 aromatic carbocycles. The van der Waals surface area contributed by atoms with Gasteiger partial charge in [-0.15, -0.1) is 0 Å². The highest BCUT2D eigenvalue weighted by Crippen LogP contribution is 2.33. The van der Waals surface area contributed by atoms with Gasteiger partial charge in [0, 0.05) is 11.6 Å². The second-order valence-electron chi connectivity index (χ2n) is 8.22. The predicted molar refractivity (Wildman–Crippen MR) is 120 cm³/mol. The first kappa shape index (κ1) is 21.9. The molecule has 2 aromatic rings. The first-order valence-corrected chi connectivity index (χ1v) is 11.0. The Morgan fingerprint density at radius 3 is 2.00 bits per heavy atom. The van der Waals surface area contributed by atoms with E-state index in [1.165, 1.54) is 4.90 Å². The molecule has 1 aliphatic heterocycles. The van der Waals surface area contributed by atoms with Crippen LogP contribution in [0, 0.1) is 0 Å². The van der Waals surface area contributed by atoms with E-state index in [2.05, 4.69) is 0 Å². The van der Waals surface area contributed by atoms with Crippen LogP contribution in [0.3, 0.4) is 0 Å². The molecule has 168 valence electrons. The highest BCUT2D eigenvalue weighted by Gasteiger charge is 2.46. The molecule has 1 saturated heterocycles. The maximum atomic E-state index is 13.6. The third kappa shape index (κ3) is 4.20. The van der Waals surface area contributed by atoms with Crippen LogP contribution in [-0.4, -0.2) is 48.9 Å². The monoisotopic (exact) mass is 436 g/mol. The molecule has 0 N–H and O–H groups in total. The van der Waals surface area contributed by atoms with Crippen molar-refractivity contribution in [2.75, 3.05) is 19.1 Å². The molecular formula is C25H28N2O5. The maximum absolute atomic E-state index is 13.6. The number of rotatable bonds is 6. The van der Waals surface area contributed by atoms with Crippen LogP contribution in [0.2, 0.25) is 0 Å². The van der Waals surface area contributed by atoms with E-state index in [1.807, 2.05) is 0 Å². The van der Waals surface area contributed by atoms with Gasteiger partial charge in [0.15, 0.2) is 0 Å². The lowest BCUT2D eigenvalue weighted by Gasteiger charge is -2.37. The van der Waals surface area contributed by atoms with E-state index in [4.69, 9.17) is 9.47 Å². The molecule has 1 unspecified atom stereocenters. The largest absolute Gasteiger partial charge is 0.497 e. The third-order valence-corrected chi connectivity index (χ3v) is 6.33. The fourth-order valence-corrected chi connectivity index (χ4v) is 4.64. The average molecular weight is 437 g/mol. The number of carbonyl (C=O) groups excluding carboxylic acids is 3. The summed E-state index contributed by atoms with van der Waals surface area (Å²) in [5.74, 6) is 0.426. The molecule has 3 amide bonds. The summed E-state index contributed by atoms with van der Waals surface area (Å²) >= 11 is 0. The Morgan fingerprint density at radius 2 is 1.44 bits per heavy atom. The summed E-state index contributed by atoms with van der Waals surface area (Å²) in [5, 5.41) is 0. The summed E-state index contributed by atoms with van der Waals surface area (Å²) < 4.78 is 10.4. The molecule has 7 heteroatoms. The lowest BCUT2D eigenvalue weighted by atomic mass is 9.92. The molecule has 0 spiro atoms. The molecule has 2 aliphatic rings. The minimum Gasteiger partial charge on any atom is -0.497 e. The predicted octanol–water partition coefficient (Wildman–Crippen LogP) is 3.81. The number of imide groups is 1. The SMILES string of the molecule is COc1ccc(C(=O)N(C2CCCCC2)C2CC(=O)N(c3ccc(OC)cc3)C2=O)cc1. The Kier molecular flexibility index (Phi) is 6.44. The van der Waals surface area contributed by atoms with Gasteiger partial charge in [-0.25, -0.2) is 4.90 Å². The Hall–Kier alpha value is -3.35. The van der Waals surface area contributed by atoms with E-state index in [0.717, 1.165) is 32.1 Å². The molecule has 7 nitrogen and oxygen atoms in total. The Bertz CT molecular complexity index is 980. The second-order valence-corrected chi connectivity index (χ2v) is 8.22. The van der Waals surface area contributed by atoms with Crippen LogP contribution in [-0.2, 0) is 9.59 Å². The number of carbonyl (C=O) groups is 3. The van der Waals surface area contributed by atoms with Gasteiger partial charge in [0.2, 0.25) is 5.91 Å². The molecule has 0 bridgehead atoms. The fourth-order valence-electron chi connectivity index (χ4n) is 4.64. The van der Waals surface area contributed by atoms with E-state index < -0.39 is 6.04 Å². The van der Waals surface area contributed by atoms with Crippen molar-refractivity contribution < 1.29 is 23.9 Å². The van der Waals surface area contributed by atoms with Crippen molar-refractivity contribution in [1.29, 1.82) is 0 Å². The lowest BCUT2D eigenvalue weighted by molar-refractivity contribution is -0.123. The normalized spacial score (nSPS) is 19.2. The smallest absolute Gasteiger partial charge is 0.257 e. The lowest BCUT2D eigenvalue weighted by Crippen LogP contribution is -2.51.